The first-order valence-corrected chi connectivity index (χ1v) is 6.37. The zero-order valence-corrected chi connectivity index (χ0v) is 11.8. The first-order chi connectivity index (χ1) is 9.60. The highest BCUT2D eigenvalue weighted by molar-refractivity contribution is 5.91. The number of nitrogens with one attached hydrogen (secondary N) is 2. The van der Waals surface area contributed by atoms with Gasteiger partial charge in [0.2, 0.25) is 0 Å². The molecule has 0 aliphatic heterocycles. The molecule has 2 rings (SSSR count). The molecule has 2 aromatic rings. The first-order valence-electron chi connectivity index (χ1n) is 6.37. The van der Waals surface area contributed by atoms with Gasteiger partial charge in [-0.1, -0.05) is 12.1 Å². The zero-order chi connectivity index (χ0) is 14.5. The third kappa shape index (κ3) is 3.32. The molecule has 0 aliphatic carbocycles. The van der Waals surface area contributed by atoms with Gasteiger partial charge >= 0.3 is 6.03 Å². The van der Waals surface area contributed by atoms with Gasteiger partial charge in [-0.15, -0.1) is 0 Å². The first kappa shape index (κ1) is 14.0. The highest BCUT2D eigenvalue weighted by Crippen LogP contribution is 2.23. The number of anilines is 1. The molecule has 0 fully saturated rings. The van der Waals surface area contributed by atoms with Crippen molar-refractivity contribution in [2.75, 3.05) is 12.4 Å². The molecule has 0 aliphatic rings. The molecule has 1 unspecified atom stereocenters. The molecule has 1 aromatic carbocycles. The lowest BCUT2D eigenvalue weighted by atomic mass is 10.2. The van der Waals surface area contributed by atoms with E-state index in [1.54, 1.807) is 19.2 Å². The maximum absolute atomic E-state index is 12.0. The Morgan fingerprint density at radius 3 is 2.65 bits per heavy atom. The maximum atomic E-state index is 12.0. The molecule has 5 nitrogen and oxygen atoms in total. The second-order valence-electron chi connectivity index (χ2n) is 4.47. The van der Waals surface area contributed by atoms with Gasteiger partial charge in [0.05, 0.1) is 18.8 Å². The number of carbonyl (C=O) groups excluding carboxylic acids is 1. The summed E-state index contributed by atoms with van der Waals surface area (Å²) in [4.78, 5) is 12.0. The van der Waals surface area contributed by atoms with Gasteiger partial charge in [-0.05, 0) is 38.1 Å². The minimum absolute atomic E-state index is 0.210. The number of rotatable bonds is 4. The third-order valence-electron chi connectivity index (χ3n) is 2.89. The quantitative estimate of drug-likeness (QED) is 0.897. The molecule has 1 aromatic heterocycles. The van der Waals surface area contributed by atoms with Gasteiger partial charge in [0.25, 0.3) is 0 Å². The lowest BCUT2D eigenvalue weighted by molar-refractivity contribution is 0.247. The molecule has 0 saturated heterocycles. The number of urea groups is 1. The van der Waals surface area contributed by atoms with E-state index in [4.69, 9.17) is 9.15 Å². The number of hydrogen-bond donors (Lipinski definition) is 2. The minimum Gasteiger partial charge on any atom is -0.495 e. The average molecular weight is 274 g/mol. The van der Waals surface area contributed by atoms with E-state index in [2.05, 4.69) is 10.6 Å². The molecule has 2 amide bonds. The van der Waals surface area contributed by atoms with Crippen LogP contribution in [0.4, 0.5) is 10.5 Å². The average Bonchev–Trinajstić information content (AvgIpc) is 2.86. The Labute approximate surface area is 117 Å². The standard InChI is InChI=1S/C15H18N2O3/c1-10-8-9-13(20-10)11(2)16-15(18)17-12-6-4-5-7-14(12)19-3/h4-9,11H,1-3H3,(H2,16,17,18). The van der Waals surface area contributed by atoms with Crippen molar-refractivity contribution in [3.63, 3.8) is 0 Å². The summed E-state index contributed by atoms with van der Waals surface area (Å²) in [5.74, 6) is 2.15. The van der Waals surface area contributed by atoms with E-state index in [9.17, 15) is 4.79 Å². The fraction of sp³-hybridized carbons (Fsp3) is 0.267. The van der Waals surface area contributed by atoms with Crippen LogP contribution in [0.3, 0.4) is 0 Å². The van der Waals surface area contributed by atoms with Crippen LogP contribution in [0.1, 0.15) is 24.5 Å². The van der Waals surface area contributed by atoms with Gasteiger partial charge < -0.3 is 19.8 Å². The van der Waals surface area contributed by atoms with Crippen LogP contribution in [0, 0.1) is 6.92 Å². The Morgan fingerprint density at radius 1 is 1.25 bits per heavy atom. The number of carbonyl (C=O) groups is 1. The molecule has 0 spiro atoms. The minimum atomic E-state index is -0.309. The molecule has 1 atom stereocenters. The van der Waals surface area contributed by atoms with Crippen molar-refractivity contribution in [1.82, 2.24) is 5.32 Å². The number of furan rings is 1. The Balaban J connectivity index is 1.98. The molecule has 0 radical (unpaired) electrons. The molecule has 20 heavy (non-hydrogen) atoms. The van der Waals surface area contributed by atoms with Crippen molar-refractivity contribution in [2.24, 2.45) is 0 Å². The number of aryl methyl sites for hydroxylation is 1. The number of hydrogen-bond acceptors (Lipinski definition) is 3. The number of ether oxygens (including phenoxy) is 1. The molecule has 0 bridgehead atoms. The summed E-state index contributed by atoms with van der Waals surface area (Å²) in [6, 6.07) is 10.4. The van der Waals surface area contributed by atoms with E-state index in [-0.39, 0.29) is 12.1 Å². The Kier molecular flexibility index (Phi) is 4.30. The molecule has 5 heteroatoms. The van der Waals surface area contributed by atoms with Crippen LogP contribution >= 0.6 is 0 Å². The van der Waals surface area contributed by atoms with Gasteiger partial charge in [-0.2, -0.15) is 0 Å². The van der Waals surface area contributed by atoms with Crippen molar-refractivity contribution in [3.8, 4) is 5.75 Å². The second-order valence-corrected chi connectivity index (χ2v) is 4.47. The normalized spacial score (nSPS) is 11.8. The van der Waals surface area contributed by atoms with Crippen LogP contribution in [0.25, 0.3) is 0 Å². The van der Waals surface area contributed by atoms with E-state index in [1.807, 2.05) is 38.1 Å². The highest BCUT2D eigenvalue weighted by Gasteiger charge is 2.13. The van der Waals surface area contributed by atoms with Crippen LogP contribution < -0.4 is 15.4 Å². The SMILES string of the molecule is COc1ccccc1NC(=O)NC(C)c1ccc(C)o1. The van der Waals surface area contributed by atoms with Crippen LogP contribution in [-0.2, 0) is 0 Å². The molecule has 0 saturated carbocycles. The van der Waals surface area contributed by atoms with Gasteiger partial charge in [0.15, 0.2) is 0 Å². The fourth-order valence-electron chi connectivity index (χ4n) is 1.86. The van der Waals surface area contributed by atoms with Crippen molar-refractivity contribution >= 4 is 11.7 Å². The topological polar surface area (TPSA) is 63.5 Å². The smallest absolute Gasteiger partial charge is 0.319 e. The molecular weight excluding hydrogens is 256 g/mol. The van der Waals surface area contributed by atoms with Crippen molar-refractivity contribution in [1.29, 1.82) is 0 Å². The van der Waals surface area contributed by atoms with Crippen molar-refractivity contribution in [2.45, 2.75) is 19.9 Å². The number of benzene rings is 1. The lowest BCUT2D eigenvalue weighted by Crippen LogP contribution is -2.31. The van der Waals surface area contributed by atoms with Gasteiger partial charge in [0.1, 0.15) is 17.3 Å². The van der Waals surface area contributed by atoms with Crippen LogP contribution in [-0.4, -0.2) is 13.1 Å². The predicted octanol–water partition coefficient (Wildman–Crippen LogP) is 3.48. The summed E-state index contributed by atoms with van der Waals surface area (Å²) < 4.78 is 10.7. The highest BCUT2D eigenvalue weighted by atomic mass is 16.5. The summed E-state index contributed by atoms with van der Waals surface area (Å²) in [5.41, 5.74) is 0.621. The van der Waals surface area contributed by atoms with E-state index >= 15 is 0 Å². The van der Waals surface area contributed by atoms with Gasteiger partial charge in [-0.25, -0.2) is 4.79 Å². The van der Waals surface area contributed by atoms with E-state index in [0.717, 1.165) is 11.5 Å². The van der Waals surface area contributed by atoms with Crippen LogP contribution in [0.15, 0.2) is 40.8 Å². The molecule has 1 heterocycles. The van der Waals surface area contributed by atoms with E-state index < -0.39 is 0 Å². The van der Waals surface area contributed by atoms with Gasteiger partial charge in [0, 0.05) is 0 Å². The Bertz CT molecular complexity index is 592. The Hall–Kier alpha value is -2.43. The fourth-order valence-corrected chi connectivity index (χ4v) is 1.86. The molecular formula is C15H18N2O3. The largest absolute Gasteiger partial charge is 0.495 e. The van der Waals surface area contributed by atoms with Crippen molar-refractivity contribution in [3.05, 3.63) is 47.9 Å². The van der Waals surface area contributed by atoms with E-state index in [1.165, 1.54) is 0 Å². The van der Waals surface area contributed by atoms with E-state index in [0.29, 0.717) is 11.4 Å². The van der Waals surface area contributed by atoms with Crippen LogP contribution in [0.5, 0.6) is 5.75 Å². The molecule has 2 N–H and O–H groups in total. The third-order valence-corrected chi connectivity index (χ3v) is 2.89. The summed E-state index contributed by atoms with van der Waals surface area (Å²) >= 11 is 0. The van der Waals surface area contributed by atoms with Crippen molar-refractivity contribution < 1.29 is 13.9 Å². The lowest BCUT2D eigenvalue weighted by Gasteiger charge is -2.14. The summed E-state index contributed by atoms with van der Waals surface area (Å²) in [5, 5.41) is 5.56. The van der Waals surface area contributed by atoms with Gasteiger partial charge in [-0.3, -0.25) is 0 Å². The monoisotopic (exact) mass is 274 g/mol. The number of amides is 2. The predicted molar refractivity (Wildman–Crippen MR) is 77.0 cm³/mol. The number of para-hydroxylation sites is 2. The Morgan fingerprint density at radius 2 is 2.00 bits per heavy atom. The zero-order valence-electron chi connectivity index (χ0n) is 11.8. The van der Waals surface area contributed by atoms with Crippen LogP contribution in [0.2, 0.25) is 0 Å². The second kappa shape index (κ2) is 6.14. The summed E-state index contributed by atoms with van der Waals surface area (Å²) in [7, 11) is 1.56. The summed E-state index contributed by atoms with van der Waals surface area (Å²) in [6.07, 6.45) is 0. The molecule has 106 valence electrons. The maximum Gasteiger partial charge on any atom is 0.319 e. The summed E-state index contributed by atoms with van der Waals surface area (Å²) in [6.45, 7) is 3.73. The number of methoxy groups -OCH3 is 1.